The standard InChI is InChI=1S/C39H39N3O5S/c1-5-46-33-21-15-31(16-22-33)40-48(44,45)35-23-24-37-36(25-35)39(43)42(32-17-11-28(4)12-18-32)38(41(37)26-29-9-7-6-8-10-29)30-13-19-34(20-14-30)47-27(2)3/h6-25,27,38,40H,5,26H2,1-4H3/t38-/m0/s1. The van der Waals surface area contributed by atoms with Crippen molar-refractivity contribution in [2.45, 2.75) is 51.4 Å². The van der Waals surface area contributed by atoms with Crippen LogP contribution in [0.15, 0.2) is 126 Å². The maximum absolute atomic E-state index is 14.7. The van der Waals surface area contributed by atoms with E-state index in [1.54, 1.807) is 41.3 Å². The average molecular weight is 662 g/mol. The summed E-state index contributed by atoms with van der Waals surface area (Å²) in [6.07, 6.45) is -0.516. The number of rotatable bonds is 11. The van der Waals surface area contributed by atoms with Gasteiger partial charge in [-0.05, 0) is 106 Å². The topological polar surface area (TPSA) is 88.2 Å². The van der Waals surface area contributed by atoms with Gasteiger partial charge in [0.05, 0.1) is 28.9 Å². The summed E-state index contributed by atoms with van der Waals surface area (Å²) in [6.45, 7) is 8.82. The molecule has 48 heavy (non-hydrogen) atoms. The van der Waals surface area contributed by atoms with Crippen molar-refractivity contribution in [2.75, 3.05) is 21.1 Å². The van der Waals surface area contributed by atoms with Gasteiger partial charge in [-0.1, -0.05) is 60.2 Å². The highest BCUT2D eigenvalue weighted by atomic mass is 32.2. The Morgan fingerprint density at radius 1 is 0.812 bits per heavy atom. The molecule has 1 amide bonds. The molecule has 0 unspecified atom stereocenters. The molecule has 5 aromatic rings. The molecule has 0 saturated heterocycles. The van der Waals surface area contributed by atoms with E-state index in [2.05, 4.69) is 9.62 Å². The largest absolute Gasteiger partial charge is 0.494 e. The van der Waals surface area contributed by atoms with Gasteiger partial charge in [-0.25, -0.2) is 8.42 Å². The van der Waals surface area contributed by atoms with E-state index in [1.165, 1.54) is 6.07 Å². The quantitative estimate of drug-likeness (QED) is 0.153. The fraction of sp³-hybridized carbons (Fsp3) is 0.205. The van der Waals surface area contributed by atoms with Gasteiger partial charge >= 0.3 is 0 Å². The molecule has 0 saturated carbocycles. The van der Waals surface area contributed by atoms with E-state index in [9.17, 15) is 13.2 Å². The minimum absolute atomic E-state index is 0.0133. The Balaban J connectivity index is 1.47. The molecule has 1 N–H and O–H groups in total. The molecule has 0 aliphatic carbocycles. The Morgan fingerprint density at radius 2 is 1.48 bits per heavy atom. The fourth-order valence-electron chi connectivity index (χ4n) is 5.85. The molecule has 8 nitrogen and oxygen atoms in total. The number of aryl methyl sites for hydroxylation is 1. The molecule has 0 aromatic heterocycles. The highest BCUT2D eigenvalue weighted by molar-refractivity contribution is 7.92. The molecule has 0 spiro atoms. The minimum atomic E-state index is -4.03. The maximum Gasteiger partial charge on any atom is 0.262 e. The van der Waals surface area contributed by atoms with E-state index in [1.807, 2.05) is 107 Å². The molecule has 0 radical (unpaired) electrons. The van der Waals surface area contributed by atoms with Gasteiger partial charge in [0.2, 0.25) is 0 Å². The van der Waals surface area contributed by atoms with Crippen molar-refractivity contribution in [1.29, 1.82) is 0 Å². The summed E-state index contributed by atoms with van der Waals surface area (Å²) >= 11 is 0. The van der Waals surface area contributed by atoms with Crippen LogP contribution in [0.1, 0.15) is 54.0 Å². The number of hydrogen-bond donors (Lipinski definition) is 1. The summed E-state index contributed by atoms with van der Waals surface area (Å²) < 4.78 is 41.4. The van der Waals surface area contributed by atoms with E-state index in [0.717, 1.165) is 22.4 Å². The van der Waals surface area contributed by atoms with Crippen molar-refractivity contribution in [3.8, 4) is 11.5 Å². The van der Waals surface area contributed by atoms with E-state index in [-0.39, 0.29) is 22.5 Å². The number of anilines is 3. The van der Waals surface area contributed by atoms with E-state index < -0.39 is 16.2 Å². The van der Waals surface area contributed by atoms with Crippen molar-refractivity contribution < 1.29 is 22.7 Å². The average Bonchev–Trinajstić information content (AvgIpc) is 3.08. The minimum Gasteiger partial charge on any atom is -0.494 e. The lowest BCUT2D eigenvalue weighted by atomic mass is 9.98. The van der Waals surface area contributed by atoms with Gasteiger partial charge in [0.15, 0.2) is 0 Å². The molecule has 1 atom stereocenters. The lowest BCUT2D eigenvalue weighted by Gasteiger charge is -2.46. The van der Waals surface area contributed by atoms with E-state index in [0.29, 0.717) is 36.0 Å². The van der Waals surface area contributed by atoms with Crippen LogP contribution in [0.25, 0.3) is 0 Å². The first-order valence-electron chi connectivity index (χ1n) is 16.0. The first kappa shape index (κ1) is 32.7. The summed E-state index contributed by atoms with van der Waals surface area (Å²) in [7, 11) is -4.03. The van der Waals surface area contributed by atoms with Crippen molar-refractivity contribution >= 4 is 33.0 Å². The summed E-state index contributed by atoms with van der Waals surface area (Å²) in [5.74, 6) is 1.08. The van der Waals surface area contributed by atoms with Crippen molar-refractivity contribution in [1.82, 2.24) is 0 Å². The molecule has 5 aromatic carbocycles. The molecule has 9 heteroatoms. The predicted molar refractivity (Wildman–Crippen MR) is 190 cm³/mol. The van der Waals surface area contributed by atoms with Crippen LogP contribution in [0.3, 0.4) is 0 Å². The van der Waals surface area contributed by atoms with Gasteiger partial charge in [-0.15, -0.1) is 0 Å². The SMILES string of the molecule is CCOc1ccc(NS(=O)(=O)c2ccc3c(c2)C(=O)N(c2ccc(C)cc2)[C@@H](c2ccc(OC(C)C)cc2)N3Cc2ccccc2)cc1. The summed E-state index contributed by atoms with van der Waals surface area (Å²) in [4.78, 5) is 18.6. The highest BCUT2D eigenvalue weighted by Gasteiger charge is 2.40. The first-order valence-corrected chi connectivity index (χ1v) is 17.5. The number of fused-ring (bicyclic) bond motifs is 1. The van der Waals surface area contributed by atoms with Crippen LogP contribution in [0.5, 0.6) is 11.5 Å². The van der Waals surface area contributed by atoms with Crippen LogP contribution < -0.4 is 24.0 Å². The zero-order valence-electron chi connectivity index (χ0n) is 27.5. The van der Waals surface area contributed by atoms with Crippen molar-refractivity contribution in [3.05, 3.63) is 144 Å². The van der Waals surface area contributed by atoms with Gasteiger partial charge < -0.3 is 14.4 Å². The number of carbonyl (C=O) groups excluding carboxylic acids is 1. The Morgan fingerprint density at radius 3 is 2.12 bits per heavy atom. The molecule has 246 valence electrons. The van der Waals surface area contributed by atoms with E-state index >= 15 is 0 Å². The molecule has 6 rings (SSSR count). The number of nitrogens with one attached hydrogen (secondary N) is 1. The number of amides is 1. The van der Waals surface area contributed by atoms with E-state index in [4.69, 9.17) is 9.47 Å². The second kappa shape index (κ2) is 13.8. The molecule has 0 fully saturated rings. The Bertz CT molecular complexity index is 1980. The van der Waals surface area contributed by atoms with Crippen molar-refractivity contribution in [3.63, 3.8) is 0 Å². The van der Waals surface area contributed by atoms with Crippen LogP contribution in [0, 0.1) is 6.92 Å². The third-order valence-electron chi connectivity index (χ3n) is 8.05. The van der Waals surface area contributed by atoms with Crippen LogP contribution in [0.4, 0.5) is 17.1 Å². The Labute approximate surface area is 282 Å². The predicted octanol–water partition coefficient (Wildman–Crippen LogP) is 8.35. The number of ether oxygens (including phenoxy) is 2. The number of benzene rings is 5. The molecule has 1 aliphatic heterocycles. The Hall–Kier alpha value is -5.28. The molecular weight excluding hydrogens is 623 g/mol. The van der Waals surface area contributed by atoms with Crippen LogP contribution in [-0.2, 0) is 16.6 Å². The van der Waals surface area contributed by atoms with Gasteiger partial charge in [0.1, 0.15) is 17.7 Å². The fourth-order valence-corrected chi connectivity index (χ4v) is 6.94. The number of carbonyl (C=O) groups is 1. The third-order valence-corrected chi connectivity index (χ3v) is 9.43. The summed E-state index contributed by atoms with van der Waals surface area (Å²) in [5, 5.41) is 0. The maximum atomic E-state index is 14.7. The third kappa shape index (κ3) is 7.01. The highest BCUT2D eigenvalue weighted by Crippen LogP contribution is 2.43. The van der Waals surface area contributed by atoms with Crippen LogP contribution >= 0.6 is 0 Å². The van der Waals surface area contributed by atoms with Crippen LogP contribution in [-0.4, -0.2) is 27.0 Å². The monoisotopic (exact) mass is 661 g/mol. The molecule has 0 bridgehead atoms. The van der Waals surface area contributed by atoms with Gasteiger partial charge in [-0.3, -0.25) is 14.4 Å². The normalized spacial score (nSPS) is 14.5. The van der Waals surface area contributed by atoms with Gasteiger partial charge in [-0.2, -0.15) is 0 Å². The van der Waals surface area contributed by atoms with Gasteiger partial charge in [0, 0.05) is 17.9 Å². The van der Waals surface area contributed by atoms with Gasteiger partial charge in [0.25, 0.3) is 15.9 Å². The smallest absolute Gasteiger partial charge is 0.262 e. The van der Waals surface area contributed by atoms with Crippen molar-refractivity contribution in [2.24, 2.45) is 0 Å². The summed E-state index contributed by atoms with van der Waals surface area (Å²) in [5.41, 5.74) is 5.00. The zero-order chi connectivity index (χ0) is 33.8. The summed E-state index contributed by atoms with van der Waals surface area (Å²) in [6, 6.07) is 37.1. The Kier molecular flexibility index (Phi) is 9.41. The zero-order valence-corrected chi connectivity index (χ0v) is 28.3. The first-order chi connectivity index (χ1) is 23.1. The molecular formula is C39H39N3O5S. The molecule has 1 heterocycles. The molecule has 1 aliphatic rings. The lowest BCUT2D eigenvalue weighted by Crippen LogP contribution is -2.49. The van der Waals surface area contributed by atoms with Crippen LogP contribution in [0.2, 0.25) is 0 Å². The number of sulfonamides is 1. The lowest BCUT2D eigenvalue weighted by molar-refractivity contribution is 0.0968. The number of hydrogen-bond acceptors (Lipinski definition) is 6. The number of nitrogens with zero attached hydrogens (tertiary/aromatic N) is 2. The second-order valence-corrected chi connectivity index (χ2v) is 13.7. The second-order valence-electron chi connectivity index (χ2n) is 12.0.